The van der Waals surface area contributed by atoms with Gasteiger partial charge in [0.2, 0.25) is 0 Å². The zero-order valence-corrected chi connectivity index (χ0v) is 13.0. The van der Waals surface area contributed by atoms with E-state index in [1.54, 1.807) is 0 Å². The van der Waals surface area contributed by atoms with E-state index in [-0.39, 0.29) is 11.6 Å². The Hall–Kier alpha value is -1.14. The summed E-state index contributed by atoms with van der Waals surface area (Å²) < 4.78 is 51.7. The fourth-order valence-electron chi connectivity index (χ4n) is 2.18. The van der Waals surface area contributed by atoms with Crippen LogP contribution >= 0.6 is 0 Å². The second-order valence-corrected chi connectivity index (χ2v) is 5.78. The Bertz CT molecular complexity index is 481. The van der Waals surface area contributed by atoms with Crippen molar-refractivity contribution in [2.24, 2.45) is 0 Å². The zero-order valence-electron chi connectivity index (χ0n) is 13.0. The van der Waals surface area contributed by atoms with Gasteiger partial charge in [-0.2, -0.15) is 13.2 Å². The molecule has 1 aromatic carbocycles. The third kappa shape index (κ3) is 3.95. The molecule has 21 heavy (non-hydrogen) atoms. The van der Waals surface area contributed by atoms with Crippen LogP contribution in [0, 0.1) is 5.82 Å². The summed E-state index contributed by atoms with van der Waals surface area (Å²) in [4.78, 5) is 1.95. The fraction of sp³-hybridized carbons (Fsp3) is 0.600. The molecule has 0 amide bonds. The Balaban J connectivity index is 3.26. The quantitative estimate of drug-likeness (QED) is 0.832. The maximum absolute atomic E-state index is 13.8. The molecule has 1 atom stereocenters. The van der Waals surface area contributed by atoms with Crippen molar-refractivity contribution in [1.29, 1.82) is 0 Å². The van der Waals surface area contributed by atoms with Gasteiger partial charge in [-0.15, -0.1) is 0 Å². The van der Waals surface area contributed by atoms with E-state index in [0.717, 1.165) is 12.1 Å². The van der Waals surface area contributed by atoms with Crippen molar-refractivity contribution in [1.82, 2.24) is 10.2 Å². The minimum Gasteiger partial charge on any atom is -0.309 e. The molecule has 120 valence electrons. The van der Waals surface area contributed by atoms with Crippen LogP contribution in [0.2, 0.25) is 0 Å². The van der Waals surface area contributed by atoms with Crippen molar-refractivity contribution in [3.05, 3.63) is 35.1 Å². The summed E-state index contributed by atoms with van der Waals surface area (Å²) in [6, 6.07) is 2.83. The van der Waals surface area contributed by atoms with Gasteiger partial charge in [-0.25, -0.2) is 4.39 Å². The summed E-state index contributed by atoms with van der Waals surface area (Å²) in [5, 5.41) is 3.22. The molecule has 1 N–H and O–H groups in total. The van der Waals surface area contributed by atoms with Crippen LogP contribution < -0.4 is 5.32 Å². The van der Waals surface area contributed by atoms with E-state index in [4.69, 9.17) is 0 Å². The highest BCUT2D eigenvalue weighted by atomic mass is 19.4. The van der Waals surface area contributed by atoms with Gasteiger partial charge in [-0.05, 0) is 52.2 Å². The summed E-state index contributed by atoms with van der Waals surface area (Å²) in [6.45, 7) is 6.44. The molecule has 0 aliphatic heterocycles. The van der Waals surface area contributed by atoms with E-state index in [1.165, 1.54) is 6.07 Å². The highest BCUT2D eigenvalue weighted by Gasteiger charge is 2.36. The van der Waals surface area contributed by atoms with Crippen LogP contribution in [0.4, 0.5) is 17.6 Å². The van der Waals surface area contributed by atoms with Gasteiger partial charge in [-0.1, -0.05) is 13.0 Å². The van der Waals surface area contributed by atoms with Gasteiger partial charge in [0.15, 0.2) is 0 Å². The molecule has 0 aromatic heterocycles. The third-order valence-electron chi connectivity index (χ3n) is 3.90. The molecule has 0 saturated heterocycles. The molecule has 1 aromatic rings. The summed E-state index contributed by atoms with van der Waals surface area (Å²) in [6.07, 6.45) is -4.67. The van der Waals surface area contributed by atoms with Gasteiger partial charge in [-0.3, -0.25) is 0 Å². The molecular formula is C15H22F4N2. The van der Waals surface area contributed by atoms with Crippen LogP contribution in [0.25, 0.3) is 0 Å². The van der Waals surface area contributed by atoms with Crippen molar-refractivity contribution >= 4 is 0 Å². The van der Waals surface area contributed by atoms with Crippen molar-refractivity contribution < 1.29 is 17.6 Å². The second kappa shape index (κ2) is 6.32. The van der Waals surface area contributed by atoms with Crippen molar-refractivity contribution in [2.75, 3.05) is 20.6 Å². The van der Waals surface area contributed by atoms with Crippen LogP contribution in [0.5, 0.6) is 0 Å². The highest BCUT2D eigenvalue weighted by molar-refractivity contribution is 5.30. The van der Waals surface area contributed by atoms with Gasteiger partial charge in [0.1, 0.15) is 5.82 Å². The number of alkyl halides is 3. The predicted octanol–water partition coefficient (Wildman–Crippen LogP) is 3.84. The first kappa shape index (κ1) is 17.9. The molecule has 0 saturated carbocycles. The highest BCUT2D eigenvalue weighted by Crippen LogP contribution is 2.35. The maximum atomic E-state index is 13.8. The monoisotopic (exact) mass is 306 g/mol. The zero-order chi connectivity index (χ0) is 16.4. The van der Waals surface area contributed by atoms with E-state index in [1.807, 2.05) is 39.8 Å². The SMILES string of the molecule is CCNC(c1ccc(C(F)(F)F)c(F)c1)C(C)(C)N(C)C. The van der Waals surface area contributed by atoms with Crippen LogP contribution in [-0.4, -0.2) is 31.1 Å². The van der Waals surface area contributed by atoms with Crippen molar-refractivity contribution in [3.8, 4) is 0 Å². The second-order valence-electron chi connectivity index (χ2n) is 5.78. The van der Waals surface area contributed by atoms with Crippen molar-refractivity contribution in [3.63, 3.8) is 0 Å². The fourth-order valence-corrected chi connectivity index (χ4v) is 2.18. The molecule has 1 unspecified atom stereocenters. The number of nitrogens with zero attached hydrogens (tertiary/aromatic N) is 1. The topological polar surface area (TPSA) is 15.3 Å². The largest absolute Gasteiger partial charge is 0.419 e. The molecule has 0 aliphatic rings. The smallest absolute Gasteiger partial charge is 0.309 e. The Labute approximate surface area is 123 Å². The van der Waals surface area contributed by atoms with E-state index in [2.05, 4.69) is 5.32 Å². The lowest BCUT2D eigenvalue weighted by Crippen LogP contribution is -2.49. The molecular weight excluding hydrogens is 284 g/mol. The van der Waals surface area contributed by atoms with Crippen LogP contribution in [0.3, 0.4) is 0 Å². The lowest BCUT2D eigenvalue weighted by atomic mass is 9.87. The van der Waals surface area contributed by atoms with E-state index >= 15 is 0 Å². The minimum absolute atomic E-state index is 0.283. The Morgan fingerprint density at radius 2 is 1.76 bits per heavy atom. The van der Waals surface area contributed by atoms with Crippen LogP contribution in [0.15, 0.2) is 18.2 Å². The van der Waals surface area contributed by atoms with Gasteiger partial charge < -0.3 is 10.2 Å². The van der Waals surface area contributed by atoms with Gasteiger partial charge in [0.25, 0.3) is 0 Å². The molecule has 0 bridgehead atoms. The van der Waals surface area contributed by atoms with Crippen LogP contribution in [0.1, 0.15) is 37.9 Å². The van der Waals surface area contributed by atoms with Crippen molar-refractivity contribution in [2.45, 2.75) is 38.5 Å². The minimum atomic E-state index is -4.67. The normalized spacial score (nSPS) is 14.6. The number of rotatable bonds is 5. The lowest BCUT2D eigenvalue weighted by molar-refractivity contribution is -0.140. The Morgan fingerprint density at radius 3 is 2.14 bits per heavy atom. The molecule has 6 heteroatoms. The summed E-state index contributed by atoms with van der Waals surface area (Å²) in [5.41, 5.74) is -1.12. The Morgan fingerprint density at radius 1 is 1.19 bits per heavy atom. The number of benzene rings is 1. The van der Waals surface area contributed by atoms with Gasteiger partial charge in [0.05, 0.1) is 11.6 Å². The molecule has 0 radical (unpaired) electrons. The molecule has 0 fully saturated rings. The summed E-state index contributed by atoms with van der Waals surface area (Å²) in [7, 11) is 3.76. The van der Waals surface area contributed by atoms with Gasteiger partial charge in [0, 0.05) is 5.54 Å². The van der Waals surface area contributed by atoms with Crippen LogP contribution in [-0.2, 0) is 6.18 Å². The van der Waals surface area contributed by atoms with Gasteiger partial charge >= 0.3 is 6.18 Å². The Kier molecular flexibility index (Phi) is 5.39. The number of likely N-dealkylation sites (N-methyl/N-ethyl adjacent to an activating group) is 2. The molecule has 0 heterocycles. The first-order valence-corrected chi connectivity index (χ1v) is 6.79. The summed E-state index contributed by atoms with van der Waals surface area (Å²) >= 11 is 0. The van der Waals surface area contributed by atoms with E-state index < -0.39 is 17.6 Å². The lowest BCUT2D eigenvalue weighted by Gasteiger charge is -2.41. The molecule has 0 spiro atoms. The average molecular weight is 306 g/mol. The van der Waals surface area contributed by atoms with E-state index in [9.17, 15) is 17.6 Å². The number of hydrogen-bond acceptors (Lipinski definition) is 2. The van der Waals surface area contributed by atoms with E-state index in [0.29, 0.717) is 12.1 Å². The first-order valence-electron chi connectivity index (χ1n) is 6.79. The third-order valence-corrected chi connectivity index (χ3v) is 3.90. The maximum Gasteiger partial charge on any atom is 0.419 e. The standard InChI is InChI=1S/C15H22F4N2/c1-6-20-13(14(2,3)21(4)5)10-7-8-11(12(16)9-10)15(17,18)19/h7-9,13,20H,6H2,1-5H3. The first-order chi connectivity index (χ1) is 9.51. The molecule has 1 rings (SSSR count). The number of hydrogen-bond donors (Lipinski definition) is 1. The molecule has 2 nitrogen and oxygen atoms in total. The average Bonchev–Trinajstić information content (AvgIpc) is 2.33. The molecule has 0 aliphatic carbocycles. The predicted molar refractivity (Wildman–Crippen MR) is 75.6 cm³/mol. The summed E-state index contributed by atoms with van der Waals surface area (Å²) in [5.74, 6) is -1.24. The number of nitrogens with one attached hydrogen (secondary N) is 1. The number of halogens is 4.